The number of aromatic nitrogens is 1. The average molecular weight is 407 g/mol. The van der Waals surface area contributed by atoms with Crippen LogP contribution in [0.15, 0.2) is 41.2 Å². The van der Waals surface area contributed by atoms with Crippen molar-refractivity contribution < 1.29 is 18.9 Å². The highest BCUT2D eigenvalue weighted by molar-refractivity contribution is 6.16. The van der Waals surface area contributed by atoms with Gasteiger partial charge in [0.1, 0.15) is 0 Å². The van der Waals surface area contributed by atoms with Crippen molar-refractivity contribution in [3.8, 4) is 23.0 Å². The molecule has 0 aliphatic carbocycles. The van der Waals surface area contributed by atoms with Crippen LogP contribution in [0.1, 0.15) is 13.8 Å². The molecule has 0 radical (unpaired) electrons. The minimum Gasteiger partial charge on any atom is -0.493 e. The summed E-state index contributed by atoms with van der Waals surface area (Å²) in [6.07, 6.45) is 0.0209. The highest BCUT2D eigenvalue weighted by atomic mass is 16.5. The summed E-state index contributed by atoms with van der Waals surface area (Å²) in [6.45, 7) is 3.95. The van der Waals surface area contributed by atoms with Crippen LogP contribution in [0, 0.1) is 0 Å². The van der Waals surface area contributed by atoms with Gasteiger partial charge in [-0.1, -0.05) is 12.1 Å². The molecular formula is C24H25NO5. The smallest absolute Gasteiger partial charge is 0.258 e. The zero-order valence-corrected chi connectivity index (χ0v) is 18.0. The Hall–Kier alpha value is -3.41. The first-order valence-corrected chi connectivity index (χ1v) is 9.75. The first-order chi connectivity index (χ1) is 14.4. The summed E-state index contributed by atoms with van der Waals surface area (Å²) in [5.41, 5.74) is 0.721. The van der Waals surface area contributed by atoms with Crippen molar-refractivity contribution in [3.05, 3.63) is 46.8 Å². The highest BCUT2D eigenvalue weighted by Gasteiger charge is 2.17. The molecule has 1 aromatic heterocycles. The Morgan fingerprint density at radius 1 is 0.733 bits per heavy atom. The molecule has 0 aliphatic rings. The number of nitrogens with zero attached hydrogens (tertiary/aromatic N) is 1. The van der Waals surface area contributed by atoms with Gasteiger partial charge in [-0.05, 0) is 43.5 Å². The van der Waals surface area contributed by atoms with Crippen molar-refractivity contribution >= 4 is 32.4 Å². The minimum atomic E-state index is -0.104. The van der Waals surface area contributed by atoms with Crippen LogP contribution in [0.3, 0.4) is 0 Å². The molecule has 0 saturated carbocycles. The van der Waals surface area contributed by atoms with Gasteiger partial charge in [0.25, 0.3) is 5.56 Å². The van der Waals surface area contributed by atoms with Gasteiger partial charge in [-0.3, -0.25) is 4.79 Å². The van der Waals surface area contributed by atoms with E-state index in [1.165, 1.54) is 0 Å². The monoisotopic (exact) mass is 407 g/mol. The van der Waals surface area contributed by atoms with E-state index in [0.717, 1.165) is 27.1 Å². The van der Waals surface area contributed by atoms with Crippen molar-refractivity contribution in [2.75, 3.05) is 21.3 Å². The van der Waals surface area contributed by atoms with Gasteiger partial charge in [-0.2, -0.15) is 0 Å². The molecule has 0 atom stereocenters. The van der Waals surface area contributed by atoms with E-state index < -0.39 is 0 Å². The quantitative estimate of drug-likeness (QED) is 0.451. The van der Waals surface area contributed by atoms with Crippen LogP contribution < -0.4 is 24.5 Å². The zero-order valence-electron chi connectivity index (χ0n) is 18.0. The second-order valence-electron chi connectivity index (χ2n) is 7.47. The molecule has 6 nitrogen and oxygen atoms in total. The van der Waals surface area contributed by atoms with E-state index in [2.05, 4.69) is 0 Å². The van der Waals surface area contributed by atoms with Crippen LogP contribution in [0.4, 0.5) is 0 Å². The second kappa shape index (κ2) is 7.44. The molecule has 0 amide bonds. The summed E-state index contributed by atoms with van der Waals surface area (Å²) in [4.78, 5) is 13.2. The van der Waals surface area contributed by atoms with Gasteiger partial charge in [0, 0.05) is 23.2 Å². The first kappa shape index (κ1) is 19.9. The third-order valence-electron chi connectivity index (χ3n) is 5.32. The molecule has 0 unspecified atom stereocenters. The van der Waals surface area contributed by atoms with Crippen molar-refractivity contribution in [3.63, 3.8) is 0 Å². The van der Waals surface area contributed by atoms with Gasteiger partial charge in [-0.15, -0.1) is 0 Å². The van der Waals surface area contributed by atoms with Crippen LogP contribution in [0.5, 0.6) is 23.0 Å². The van der Waals surface area contributed by atoms with Gasteiger partial charge in [-0.25, -0.2) is 0 Å². The standard InChI is InChI=1S/C24H25NO5/c1-13(2)30-22-9-14-7-8-15-17-11-19(27-4)20(28-5)12-18(17)24(26)25(3)23(15)16(14)10-21(22)29-6/h7-13H,1-6H3. The molecule has 0 fully saturated rings. The number of ether oxygens (including phenoxy) is 4. The zero-order chi connectivity index (χ0) is 21.6. The predicted octanol–water partition coefficient (Wildman–Crippen LogP) is 4.66. The molecule has 6 heteroatoms. The molecular weight excluding hydrogens is 382 g/mol. The maximum atomic E-state index is 13.2. The molecule has 0 bridgehead atoms. The van der Waals surface area contributed by atoms with E-state index in [1.807, 2.05) is 44.2 Å². The van der Waals surface area contributed by atoms with Crippen LogP contribution >= 0.6 is 0 Å². The summed E-state index contributed by atoms with van der Waals surface area (Å²) >= 11 is 0. The molecule has 4 aromatic rings. The number of hydrogen-bond acceptors (Lipinski definition) is 5. The predicted molar refractivity (Wildman–Crippen MR) is 120 cm³/mol. The Labute approximate surface area is 174 Å². The summed E-state index contributed by atoms with van der Waals surface area (Å²) in [7, 11) is 6.55. The molecule has 0 aliphatic heterocycles. The fraction of sp³-hybridized carbons (Fsp3) is 0.292. The summed E-state index contributed by atoms with van der Waals surface area (Å²) in [6, 6.07) is 11.5. The van der Waals surface area contributed by atoms with E-state index in [-0.39, 0.29) is 11.7 Å². The highest BCUT2D eigenvalue weighted by Crippen LogP contribution is 2.39. The van der Waals surface area contributed by atoms with Crippen LogP contribution in [-0.4, -0.2) is 32.0 Å². The van der Waals surface area contributed by atoms with E-state index in [4.69, 9.17) is 18.9 Å². The minimum absolute atomic E-state index is 0.0209. The Balaban J connectivity index is 2.15. The summed E-state index contributed by atoms with van der Waals surface area (Å²) in [5, 5.41) is 4.22. The number of fused-ring (bicyclic) bond motifs is 5. The van der Waals surface area contributed by atoms with Gasteiger partial charge in [0.15, 0.2) is 23.0 Å². The fourth-order valence-corrected chi connectivity index (χ4v) is 3.96. The molecule has 3 aromatic carbocycles. The van der Waals surface area contributed by atoms with Crippen LogP contribution in [0.25, 0.3) is 32.4 Å². The molecule has 1 heterocycles. The second-order valence-corrected chi connectivity index (χ2v) is 7.47. The lowest BCUT2D eigenvalue weighted by atomic mass is 10.00. The van der Waals surface area contributed by atoms with Crippen LogP contribution in [0.2, 0.25) is 0 Å². The van der Waals surface area contributed by atoms with E-state index in [9.17, 15) is 4.79 Å². The third kappa shape index (κ3) is 3.00. The normalized spacial score (nSPS) is 11.4. The third-order valence-corrected chi connectivity index (χ3v) is 5.32. The van der Waals surface area contributed by atoms with Gasteiger partial charge < -0.3 is 23.5 Å². The molecule has 4 rings (SSSR count). The van der Waals surface area contributed by atoms with Crippen LogP contribution in [-0.2, 0) is 7.05 Å². The Kier molecular flexibility index (Phi) is 4.94. The number of aryl methyl sites for hydroxylation is 1. The van der Waals surface area contributed by atoms with Gasteiger partial charge >= 0.3 is 0 Å². The van der Waals surface area contributed by atoms with Crippen molar-refractivity contribution in [1.29, 1.82) is 0 Å². The molecule has 0 spiro atoms. The Bertz CT molecular complexity index is 1340. The maximum absolute atomic E-state index is 13.2. The van der Waals surface area contributed by atoms with Crippen molar-refractivity contribution in [2.45, 2.75) is 20.0 Å². The first-order valence-electron chi connectivity index (χ1n) is 9.75. The largest absolute Gasteiger partial charge is 0.493 e. The van der Waals surface area contributed by atoms with Gasteiger partial charge in [0.2, 0.25) is 0 Å². The Morgan fingerprint density at radius 2 is 1.30 bits per heavy atom. The lowest BCUT2D eigenvalue weighted by molar-refractivity contribution is 0.230. The van der Waals surface area contributed by atoms with E-state index in [0.29, 0.717) is 28.4 Å². The topological polar surface area (TPSA) is 58.9 Å². The molecule has 0 saturated heterocycles. The van der Waals surface area contributed by atoms with E-state index >= 15 is 0 Å². The van der Waals surface area contributed by atoms with Crippen molar-refractivity contribution in [1.82, 2.24) is 4.57 Å². The lowest BCUT2D eigenvalue weighted by Crippen LogP contribution is -2.17. The summed E-state index contributed by atoms with van der Waals surface area (Å²) < 4.78 is 24.0. The molecule has 0 N–H and O–H groups in total. The maximum Gasteiger partial charge on any atom is 0.258 e. The number of benzene rings is 3. The molecule has 156 valence electrons. The van der Waals surface area contributed by atoms with Crippen molar-refractivity contribution in [2.24, 2.45) is 7.05 Å². The van der Waals surface area contributed by atoms with E-state index in [1.54, 1.807) is 39.0 Å². The SMILES string of the molecule is COc1cc2c(=O)n(C)c3c4cc(OC)c(OC(C)C)cc4ccc3c2cc1OC. The average Bonchev–Trinajstić information content (AvgIpc) is 2.74. The lowest BCUT2D eigenvalue weighted by Gasteiger charge is -2.17. The number of methoxy groups -OCH3 is 3. The Morgan fingerprint density at radius 3 is 1.90 bits per heavy atom. The fourth-order valence-electron chi connectivity index (χ4n) is 3.96. The van der Waals surface area contributed by atoms with Gasteiger partial charge in [0.05, 0.1) is 38.3 Å². The number of rotatable bonds is 5. The number of hydrogen-bond donors (Lipinski definition) is 0. The molecule has 30 heavy (non-hydrogen) atoms. The summed E-state index contributed by atoms with van der Waals surface area (Å²) in [5.74, 6) is 2.41. The number of pyridine rings is 1.